The molecule has 1 rings (SSSR count). The summed E-state index contributed by atoms with van der Waals surface area (Å²) in [6, 6.07) is 0. The Morgan fingerprint density at radius 1 is 1.70 bits per heavy atom. The van der Waals surface area contributed by atoms with Crippen LogP contribution in [0.25, 0.3) is 0 Å². The Hall–Kier alpha value is -0.0800. The second-order valence-corrected chi connectivity index (χ2v) is 2.82. The van der Waals surface area contributed by atoms with Crippen LogP contribution in [0.4, 0.5) is 0 Å². The summed E-state index contributed by atoms with van der Waals surface area (Å²) in [6.45, 7) is 5.15. The molecule has 0 bridgehead atoms. The summed E-state index contributed by atoms with van der Waals surface area (Å²) in [7, 11) is 0. The third-order valence-electron chi connectivity index (χ3n) is 1.74. The van der Waals surface area contributed by atoms with Crippen LogP contribution < -0.4 is 0 Å². The molecule has 0 aromatic heterocycles. The first kappa shape index (κ1) is 8.02. The van der Waals surface area contributed by atoms with Gasteiger partial charge < -0.3 is 9.47 Å². The Kier molecular flexibility index (Phi) is 3.16. The van der Waals surface area contributed by atoms with E-state index in [1.165, 1.54) is 6.42 Å². The Morgan fingerprint density at radius 3 is 2.80 bits per heavy atom. The van der Waals surface area contributed by atoms with Gasteiger partial charge in [0.25, 0.3) is 0 Å². The van der Waals surface area contributed by atoms with Gasteiger partial charge in [-0.05, 0) is 13.3 Å². The van der Waals surface area contributed by atoms with Crippen LogP contribution >= 0.6 is 0 Å². The maximum absolute atomic E-state index is 5.50. The topological polar surface area (TPSA) is 18.5 Å². The van der Waals surface area contributed by atoms with Crippen LogP contribution in [-0.2, 0) is 9.47 Å². The van der Waals surface area contributed by atoms with E-state index in [9.17, 15) is 0 Å². The van der Waals surface area contributed by atoms with Crippen LogP contribution in [-0.4, -0.2) is 19.0 Å². The average molecular weight is 144 g/mol. The molecule has 0 aromatic carbocycles. The summed E-state index contributed by atoms with van der Waals surface area (Å²) < 4.78 is 10.6. The molecule has 0 spiro atoms. The van der Waals surface area contributed by atoms with E-state index in [2.05, 4.69) is 13.8 Å². The zero-order valence-corrected chi connectivity index (χ0v) is 6.80. The predicted molar refractivity (Wildman–Crippen MR) is 39.8 cm³/mol. The van der Waals surface area contributed by atoms with Crippen molar-refractivity contribution in [2.45, 2.75) is 45.5 Å². The van der Waals surface area contributed by atoms with Gasteiger partial charge in [-0.3, -0.25) is 0 Å². The van der Waals surface area contributed by atoms with E-state index in [1.54, 1.807) is 0 Å². The molecule has 60 valence electrons. The lowest BCUT2D eigenvalue weighted by Crippen LogP contribution is -2.32. The van der Waals surface area contributed by atoms with Crippen LogP contribution in [0.15, 0.2) is 0 Å². The summed E-state index contributed by atoms with van der Waals surface area (Å²) in [5.74, 6) is 0. The standard InChI is InChI=1S/C8H16O2/c1-3-4-7(2)10-8-5-6-9-8/h7-8H,3-6H2,1-2H3. The molecule has 0 aliphatic carbocycles. The Morgan fingerprint density at radius 2 is 2.40 bits per heavy atom. The molecule has 2 atom stereocenters. The second-order valence-electron chi connectivity index (χ2n) is 2.82. The quantitative estimate of drug-likeness (QED) is 0.600. The SMILES string of the molecule is CCCC(C)OC1CCO1. The lowest BCUT2D eigenvalue weighted by Gasteiger charge is -2.29. The van der Waals surface area contributed by atoms with Gasteiger partial charge in [0.2, 0.25) is 0 Å². The highest BCUT2D eigenvalue weighted by Gasteiger charge is 2.20. The molecule has 10 heavy (non-hydrogen) atoms. The average Bonchev–Trinajstić information content (AvgIpc) is 1.80. The number of rotatable bonds is 4. The molecule has 1 aliphatic rings. The van der Waals surface area contributed by atoms with Crippen molar-refractivity contribution < 1.29 is 9.47 Å². The van der Waals surface area contributed by atoms with Gasteiger partial charge in [-0.25, -0.2) is 0 Å². The Labute approximate surface area is 62.5 Å². The molecule has 0 radical (unpaired) electrons. The smallest absolute Gasteiger partial charge is 0.160 e. The summed E-state index contributed by atoms with van der Waals surface area (Å²) in [4.78, 5) is 0. The van der Waals surface area contributed by atoms with E-state index >= 15 is 0 Å². The van der Waals surface area contributed by atoms with E-state index in [4.69, 9.17) is 9.47 Å². The van der Waals surface area contributed by atoms with Gasteiger partial charge in [0.1, 0.15) is 0 Å². The molecule has 1 fully saturated rings. The van der Waals surface area contributed by atoms with Crippen molar-refractivity contribution in [3.05, 3.63) is 0 Å². The second kappa shape index (κ2) is 3.94. The zero-order chi connectivity index (χ0) is 7.40. The molecular weight excluding hydrogens is 128 g/mol. The van der Waals surface area contributed by atoms with Crippen LogP contribution in [0.3, 0.4) is 0 Å². The van der Waals surface area contributed by atoms with Gasteiger partial charge in [-0.1, -0.05) is 13.3 Å². The minimum absolute atomic E-state index is 0.113. The van der Waals surface area contributed by atoms with Gasteiger partial charge in [0.05, 0.1) is 12.7 Å². The first-order valence-electron chi connectivity index (χ1n) is 4.10. The Balaban J connectivity index is 1.99. The zero-order valence-electron chi connectivity index (χ0n) is 6.80. The fraction of sp³-hybridized carbons (Fsp3) is 1.00. The first-order valence-corrected chi connectivity index (χ1v) is 4.10. The normalized spacial score (nSPS) is 27.6. The van der Waals surface area contributed by atoms with Crippen molar-refractivity contribution in [3.63, 3.8) is 0 Å². The lowest BCUT2D eigenvalue weighted by molar-refractivity contribution is -0.233. The molecule has 0 N–H and O–H groups in total. The van der Waals surface area contributed by atoms with Crippen molar-refractivity contribution in [2.24, 2.45) is 0 Å². The van der Waals surface area contributed by atoms with E-state index < -0.39 is 0 Å². The molecule has 0 aromatic rings. The molecular formula is C8H16O2. The monoisotopic (exact) mass is 144 g/mol. The van der Waals surface area contributed by atoms with E-state index in [0.29, 0.717) is 6.10 Å². The van der Waals surface area contributed by atoms with Crippen LogP contribution in [0.5, 0.6) is 0 Å². The van der Waals surface area contributed by atoms with Gasteiger partial charge in [0, 0.05) is 6.42 Å². The third-order valence-corrected chi connectivity index (χ3v) is 1.74. The Bertz CT molecular complexity index is 89.3. The van der Waals surface area contributed by atoms with Crippen molar-refractivity contribution in [3.8, 4) is 0 Å². The van der Waals surface area contributed by atoms with E-state index in [1.807, 2.05) is 0 Å². The first-order chi connectivity index (χ1) is 4.83. The maximum Gasteiger partial charge on any atom is 0.160 e. The number of hydrogen-bond acceptors (Lipinski definition) is 2. The van der Waals surface area contributed by atoms with Gasteiger partial charge in [0.15, 0.2) is 6.29 Å². The molecule has 2 unspecified atom stereocenters. The van der Waals surface area contributed by atoms with E-state index in [0.717, 1.165) is 19.4 Å². The van der Waals surface area contributed by atoms with Gasteiger partial charge in [-0.2, -0.15) is 0 Å². The minimum Gasteiger partial charge on any atom is -0.352 e. The summed E-state index contributed by atoms with van der Waals surface area (Å²) in [6.07, 6.45) is 3.89. The highest BCUT2D eigenvalue weighted by Crippen LogP contribution is 2.15. The lowest BCUT2D eigenvalue weighted by atomic mass is 10.2. The van der Waals surface area contributed by atoms with Crippen LogP contribution in [0.2, 0.25) is 0 Å². The summed E-state index contributed by atoms with van der Waals surface area (Å²) >= 11 is 0. The van der Waals surface area contributed by atoms with Crippen LogP contribution in [0.1, 0.15) is 33.1 Å². The number of hydrogen-bond donors (Lipinski definition) is 0. The molecule has 1 aliphatic heterocycles. The van der Waals surface area contributed by atoms with Crippen molar-refractivity contribution in [2.75, 3.05) is 6.61 Å². The maximum atomic E-state index is 5.50. The third kappa shape index (κ3) is 2.27. The van der Waals surface area contributed by atoms with Crippen molar-refractivity contribution in [1.29, 1.82) is 0 Å². The van der Waals surface area contributed by atoms with Gasteiger partial charge in [-0.15, -0.1) is 0 Å². The van der Waals surface area contributed by atoms with Gasteiger partial charge >= 0.3 is 0 Å². The highest BCUT2D eigenvalue weighted by atomic mass is 16.7. The predicted octanol–water partition coefficient (Wildman–Crippen LogP) is 1.94. The molecule has 1 heterocycles. The molecule has 2 heteroatoms. The van der Waals surface area contributed by atoms with E-state index in [-0.39, 0.29) is 6.29 Å². The summed E-state index contributed by atoms with van der Waals surface area (Å²) in [5, 5.41) is 0. The van der Waals surface area contributed by atoms with Crippen molar-refractivity contribution >= 4 is 0 Å². The summed E-state index contributed by atoms with van der Waals surface area (Å²) in [5.41, 5.74) is 0. The van der Waals surface area contributed by atoms with Crippen LogP contribution in [0, 0.1) is 0 Å². The molecule has 0 saturated carbocycles. The highest BCUT2D eigenvalue weighted by molar-refractivity contribution is 4.58. The fourth-order valence-corrected chi connectivity index (χ4v) is 1.06. The van der Waals surface area contributed by atoms with Crippen molar-refractivity contribution in [1.82, 2.24) is 0 Å². The molecule has 1 saturated heterocycles. The molecule has 0 amide bonds. The fourth-order valence-electron chi connectivity index (χ4n) is 1.06. The largest absolute Gasteiger partial charge is 0.352 e. The minimum atomic E-state index is 0.113. The number of ether oxygens (including phenoxy) is 2. The molecule has 2 nitrogen and oxygen atoms in total.